The van der Waals surface area contributed by atoms with Crippen LogP contribution in [0.2, 0.25) is 0 Å². The quantitative estimate of drug-likeness (QED) is 0.614. The van der Waals surface area contributed by atoms with Crippen molar-refractivity contribution in [3.63, 3.8) is 0 Å². The number of hydrogen-bond donors (Lipinski definition) is 1. The first-order valence-electron chi connectivity index (χ1n) is 8.93. The van der Waals surface area contributed by atoms with Crippen molar-refractivity contribution in [1.82, 2.24) is 34.4 Å². The number of nitrogens with zero attached hydrogens (tertiary/aromatic N) is 6. The van der Waals surface area contributed by atoms with Crippen molar-refractivity contribution in [2.75, 3.05) is 33.2 Å². The van der Waals surface area contributed by atoms with Crippen LogP contribution in [0.15, 0.2) is 43.1 Å². The van der Waals surface area contributed by atoms with Crippen LogP contribution in [0.1, 0.15) is 5.56 Å². The molecule has 7 heteroatoms. The minimum Gasteiger partial charge on any atom is -0.346 e. The molecule has 0 radical (unpaired) electrons. The third-order valence-corrected chi connectivity index (χ3v) is 5.18. The number of hydrogen-bond acceptors (Lipinski definition) is 5. The smallest absolute Gasteiger partial charge is 0.155 e. The maximum absolute atomic E-state index is 4.63. The molecule has 1 aliphatic heterocycles. The molecule has 0 atom stereocenters. The summed E-state index contributed by atoms with van der Waals surface area (Å²) in [5.74, 6) is 0. The molecule has 1 N–H and O–H groups in total. The zero-order valence-electron chi connectivity index (χ0n) is 14.8. The summed E-state index contributed by atoms with van der Waals surface area (Å²) in [5.41, 5.74) is 5.29. The molecular formula is C19H21N7. The van der Waals surface area contributed by atoms with E-state index in [1.807, 2.05) is 18.6 Å². The Hall–Kier alpha value is -2.77. The first-order valence-corrected chi connectivity index (χ1v) is 8.93. The highest BCUT2D eigenvalue weighted by Crippen LogP contribution is 2.29. The number of likely N-dealkylation sites (N-methyl/N-ethyl adjacent to an activating group) is 1. The van der Waals surface area contributed by atoms with Gasteiger partial charge in [-0.15, -0.1) is 0 Å². The SMILES string of the molecule is CN1CCN(Cc2cnc3[nH]cc(-c4ccn5ncnc5c4)c3c2)CC1. The largest absolute Gasteiger partial charge is 0.346 e. The molecule has 26 heavy (non-hydrogen) atoms. The standard InChI is InChI=1S/C19H21N7/c1-24-4-6-25(7-5-24)12-14-8-16-17(11-21-19(16)20-10-14)15-2-3-26-18(9-15)22-13-23-26/h2-3,8-11,13H,4-7,12H2,1H3,(H,20,21). The minimum atomic E-state index is 0.846. The van der Waals surface area contributed by atoms with Crippen LogP contribution in [0, 0.1) is 0 Å². The van der Waals surface area contributed by atoms with E-state index in [4.69, 9.17) is 0 Å². The molecule has 0 saturated carbocycles. The van der Waals surface area contributed by atoms with Crippen LogP contribution in [0.3, 0.4) is 0 Å². The molecular weight excluding hydrogens is 326 g/mol. The van der Waals surface area contributed by atoms with Gasteiger partial charge in [0, 0.05) is 62.3 Å². The Morgan fingerprint density at radius 1 is 1.12 bits per heavy atom. The van der Waals surface area contributed by atoms with Crippen LogP contribution >= 0.6 is 0 Å². The van der Waals surface area contributed by atoms with Crippen molar-refractivity contribution < 1.29 is 0 Å². The van der Waals surface area contributed by atoms with E-state index in [-0.39, 0.29) is 0 Å². The van der Waals surface area contributed by atoms with Crippen molar-refractivity contribution in [3.05, 3.63) is 48.7 Å². The lowest BCUT2D eigenvalue weighted by Crippen LogP contribution is -2.43. The second kappa shape index (κ2) is 6.19. The van der Waals surface area contributed by atoms with Gasteiger partial charge in [-0.2, -0.15) is 5.10 Å². The lowest BCUT2D eigenvalue weighted by Gasteiger charge is -2.32. The molecule has 5 rings (SSSR count). The van der Waals surface area contributed by atoms with Crippen LogP contribution in [-0.2, 0) is 6.54 Å². The summed E-state index contributed by atoms with van der Waals surface area (Å²) in [7, 11) is 2.18. The summed E-state index contributed by atoms with van der Waals surface area (Å²) >= 11 is 0. The number of rotatable bonds is 3. The molecule has 132 valence electrons. The fourth-order valence-electron chi connectivity index (χ4n) is 3.62. The maximum Gasteiger partial charge on any atom is 0.155 e. The van der Waals surface area contributed by atoms with Crippen molar-refractivity contribution in [2.24, 2.45) is 0 Å². The third kappa shape index (κ3) is 2.75. The predicted octanol–water partition coefficient (Wildman–Crippen LogP) is 2.02. The van der Waals surface area contributed by atoms with E-state index in [2.05, 4.69) is 55.1 Å². The van der Waals surface area contributed by atoms with E-state index < -0.39 is 0 Å². The first-order chi connectivity index (χ1) is 12.8. The van der Waals surface area contributed by atoms with Crippen LogP contribution in [-0.4, -0.2) is 67.6 Å². The summed E-state index contributed by atoms with van der Waals surface area (Å²) < 4.78 is 1.77. The van der Waals surface area contributed by atoms with E-state index >= 15 is 0 Å². The monoisotopic (exact) mass is 347 g/mol. The van der Waals surface area contributed by atoms with Crippen LogP contribution in [0.5, 0.6) is 0 Å². The van der Waals surface area contributed by atoms with Crippen molar-refractivity contribution in [2.45, 2.75) is 6.54 Å². The lowest BCUT2D eigenvalue weighted by atomic mass is 10.1. The summed E-state index contributed by atoms with van der Waals surface area (Å²) in [4.78, 5) is 17.1. The molecule has 0 spiro atoms. The first kappa shape index (κ1) is 15.5. The highest BCUT2D eigenvalue weighted by atomic mass is 15.3. The molecule has 0 aliphatic carbocycles. The molecule has 7 nitrogen and oxygen atoms in total. The van der Waals surface area contributed by atoms with E-state index in [0.717, 1.165) is 60.5 Å². The van der Waals surface area contributed by atoms with Gasteiger partial charge in [0.2, 0.25) is 0 Å². The molecule has 0 aromatic carbocycles. The summed E-state index contributed by atoms with van der Waals surface area (Å²) in [5, 5.41) is 5.32. The average molecular weight is 347 g/mol. The van der Waals surface area contributed by atoms with Gasteiger partial charge < -0.3 is 9.88 Å². The van der Waals surface area contributed by atoms with Gasteiger partial charge in [0.05, 0.1) is 0 Å². The van der Waals surface area contributed by atoms with Crippen LogP contribution in [0.4, 0.5) is 0 Å². The van der Waals surface area contributed by atoms with Crippen LogP contribution in [0.25, 0.3) is 27.8 Å². The summed E-state index contributed by atoms with van der Waals surface area (Å²) in [6.45, 7) is 5.42. The highest BCUT2D eigenvalue weighted by molar-refractivity contribution is 5.94. The molecule has 4 aromatic rings. The van der Waals surface area contributed by atoms with E-state index in [1.54, 1.807) is 10.8 Å². The summed E-state index contributed by atoms with van der Waals surface area (Å²) in [6.07, 6.45) is 7.53. The number of aromatic nitrogens is 5. The normalized spacial score (nSPS) is 16.7. The topological polar surface area (TPSA) is 65.3 Å². The Balaban J connectivity index is 1.48. The predicted molar refractivity (Wildman–Crippen MR) is 101 cm³/mol. The number of H-pyrrole nitrogens is 1. The molecule has 0 amide bonds. The van der Waals surface area contributed by atoms with Gasteiger partial charge >= 0.3 is 0 Å². The Labute approximate surface area is 151 Å². The Bertz CT molecular complexity index is 1060. The zero-order valence-corrected chi connectivity index (χ0v) is 14.8. The van der Waals surface area contributed by atoms with Crippen molar-refractivity contribution in [1.29, 1.82) is 0 Å². The van der Waals surface area contributed by atoms with E-state index in [1.165, 1.54) is 5.56 Å². The average Bonchev–Trinajstić information content (AvgIpc) is 3.29. The van der Waals surface area contributed by atoms with Gasteiger partial charge in [0.15, 0.2) is 5.65 Å². The second-order valence-corrected chi connectivity index (χ2v) is 7.00. The van der Waals surface area contributed by atoms with Gasteiger partial charge in [-0.1, -0.05) is 0 Å². The van der Waals surface area contributed by atoms with E-state index in [0.29, 0.717) is 0 Å². The molecule has 5 heterocycles. The van der Waals surface area contributed by atoms with Gasteiger partial charge in [-0.05, 0) is 36.4 Å². The van der Waals surface area contributed by atoms with Crippen molar-refractivity contribution in [3.8, 4) is 11.1 Å². The van der Waals surface area contributed by atoms with Gasteiger partial charge in [0.1, 0.15) is 12.0 Å². The number of fused-ring (bicyclic) bond motifs is 2. The minimum absolute atomic E-state index is 0.846. The van der Waals surface area contributed by atoms with E-state index in [9.17, 15) is 0 Å². The Morgan fingerprint density at radius 3 is 2.88 bits per heavy atom. The third-order valence-electron chi connectivity index (χ3n) is 5.18. The number of piperazine rings is 1. The Kier molecular flexibility index (Phi) is 3.69. The second-order valence-electron chi connectivity index (χ2n) is 7.00. The molecule has 0 unspecified atom stereocenters. The highest BCUT2D eigenvalue weighted by Gasteiger charge is 2.15. The molecule has 1 aliphatic rings. The number of pyridine rings is 2. The number of nitrogens with one attached hydrogen (secondary N) is 1. The zero-order chi connectivity index (χ0) is 17.5. The van der Waals surface area contributed by atoms with Gasteiger partial charge in [-0.25, -0.2) is 14.5 Å². The lowest BCUT2D eigenvalue weighted by molar-refractivity contribution is 0.148. The van der Waals surface area contributed by atoms with Gasteiger partial charge in [0.25, 0.3) is 0 Å². The molecule has 1 fully saturated rings. The number of aromatic amines is 1. The Morgan fingerprint density at radius 2 is 2.00 bits per heavy atom. The van der Waals surface area contributed by atoms with Gasteiger partial charge in [-0.3, -0.25) is 4.90 Å². The van der Waals surface area contributed by atoms with Crippen LogP contribution < -0.4 is 0 Å². The molecule has 4 aromatic heterocycles. The fourth-order valence-corrected chi connectivity index (χ4v) is 3.62. The summed E-state index contributed by atoms with van der Waals surface area (Å²) in [6, 6.07) is 6.39. The molecule has 1 saturated heterocycles. The maximum atomic E-state index is 4.63. The fraction of sp³-hybridized carbons (Fsp3) is 0.316. The van der Waals surface area contributed by atoms with Crippen molar-refractivity contribution >= 4 is 16.7 Å². The molecule has 0 bridgehead atoms.